The van der Waals surface area contributed by atoms with Gasteiger partial charge in [-0.25, -0.2) is 9.97 Å². The zero-order valence-electron chi connectivity index (χ0n) is 16.0. The lowest BCUT2D eigenvalue weighted by Crippen LogP contribution is -2.25. The molecule has 0 amide bonds. The van der Waals surface area contributed by atoms with Crippen molar-refractivity contribution in [2.45, 2.75) is 31.5 Å². The number of ether oxygens (including phenoxy) is 2. The molecule has 2 atom stereocenters. The monoisotopic (exact) mass is 372 g/mol. The van der Waals surface area contributed by atoms with Crippen molar-refractivity contribution >= 4 is 11.6 Å². The van der Waals surface area contributed by atoms with Crippen LogP contribution in [0.1, 0.15) is 36.1 Å². The Bertz CT molecular complexity index is 889. The Morgan fingerprint density at radius 3 is 2.18 bits per heavy atom. The zero-order valence-corrected chi connectivity index (χ0v) is 16.0. The second kappa shape index (κ2) is 8.81. The molecule has 4 heteroatoms. The molecule has 3 fully saturated rings. The maximum Gasteiger partial charge on any atom is 0.118 e. The third-order valence-electron chi connectivity index (χ3n) is 5.10. The standard InChI is InChI=1S/C19H16N2O.C5H8O/c1-22-18-9-7-16(8-10-18)19(15-5-3-2-4-6-15)13-17-11-12-20-14-21-17;1-2-5-3-4(1)6-5/h2-14H,1H3;4-5H,1-3H2. The van der Waals surface area contributed by atoms with E-state index in [2.05, 4.69) is 40.3 Å². The number of hydrogen-bond acceptors (Lipinski definition) is 4. The van der Waals surface area contributed by atoms with Crippen molar-refractivity contribution in [1.29, 1.82) is 0 Å². The van der Waals surface area contributed by atoms with E-state index in [9.17, 15) is 0 Å². The van der Waals surface area contributed by atoms with Crippen LogP contribution in [0.3, 0.4) is 0 Å². The van der Waals surface area contributed by atoms with Crippen LogP contribution in [0.4, 0.5) is 0 Å². The molecule has 2 bridgehead atoms. The summed E-state index contributed by atoms with van der Waals surface area (Å²) in [6.07, 6.45) is 10.8. The maximum atomic E-state index is 5.25. The van der Waals surface area contributed by atoms with Gasteiger partial charge in [0, 0.05) is 6.20 Å². The number of benzene rings is 2. The first-order chi connectivity index (χ1) is 13.8. The van der Waals surface area contributed by atoms with Gasteiger partial charge in [0.15, 0.2) is 0 Å². The third kappa shape index (κ3) is 4.46. The van der Waals surface area contributed by atoms with Gasteiger partial charge < -0.3 is 9.47 Å². The van der Waals surface area contributed by atoms with E-state index < -0.39 is 0 Å². The molecule has 3 aromatic rings. The molecule has 0 N–H and O–H groups in total. The number of methoxy groups -OCH3 is 1. The van der Waals surface area contributed by atoms with Crippen LogP contribution >= 0.6 is 0 Å². The Morgan fingerprint density at radius 1 is 0.964 bits per heavy atom. The predicted molar refractivity (Wildman–Crippen MR) is 111 cm³/mol. The minimum Gasteiger partial charge on any atom is -0.497 e. The van der Waals surface area contributed by atoms with E-state index in [0.29, 0.717) is 12.2 Å². The lowest BCUT2D eigenvalue weighted by Gasteiger charge is -2.23. The van der Waals surface area contributed by atoms with E-state index >= 15 is 0 Å². The minimum absolute atomic E-state index is 0.690. The number of rotatable bonds is 4. The molecule has 1 saturated carbocycles. The van der Waals surface area contributed by atoms with Crippen molar-refractivity contribution in [2.24, 2.45) is 0 Å². The summed E-state index contributed by atoms with van der Waals surface area (Å²) in [5.74, 6) is 0.846. The van der Waals surface area contributed by atoms with E-state index in [1.165, 1.54) is 19.3 Å². The average Bonchev–Trinajstić information content (AvgIpc) is 3.41. The fourth-order valence-corrected chi connectivity index (χ4v) is 3.55. The van der Waals surface area contributed by atoms with Crippen molar-refractivity contribution in [3.63, 3.8) is 0 Å². The lowest BCUT2D eigenvalue weighted by atomic mass is 9.97. The first-order valence-electron chi connectivity index (χ1n) is 9.65. The summed E-state index contributed by atoms with van der Waals surface area (Å²) in [5.41, 5.74) is 4.25. The van der Waals surface area contributed by atoms with Crippen molar-refractivity contribution in [2.75, 3.05) is 7.11 Å². The van der Waals surface area contributed by atoms with Gasteiger partial charge in [0.1, 0.15) is 12.1 Å². The summed E-state index contributed by atoms with van der Waals surface area (Å²) in [6, 6.07) is 20.2. The van der Waals surface area contributed by atoms with Crippen LogP contribution in [0, 0.1) is 0 Å². The molecule has 3 heterocycles. The minimum atomic E-state index is 0.690. The maximum absolute atomic E-state index is 5.25. The molecule has 28 heavy (non-hydrogen) atoms. The highest BCUT2D eigenvalue weighted by Crippen LogP contribution is 2.36. The summed E-state index contributed by atoms with van der Waals surface area (Å²) < 4.78 is 10.5. The molecule has 2 unspecified atom stereocenters. The summed E-state index contributed by atoms with van der Waals surface area (Å²) in [6.45, 7) is 0. The summed E-state index contributed by atoms with van der Waals surface area (Å²) in [7, 11) is 1.67. The molecule has 1 aliphatic carbocycles. The summed E-state index contributed by atoms with van der Waals surface area (Å²) >= 11 is 0. The van der Waals surface area contributed by atoms with E-state index in [1.807, 2.05) is 36.4 Å². The molecule has 142 valence electrons. The lowest BCUT2D eigenvalue weighted by molar-refractivity contribution is -0.0647. The van der Waals surface area contributed by atoms with Crippen LogP contribution in [0.15, 0.2) is 73.2 Å². The highest BCUT2D eigenvalue weighted by molar-refractivity contribution is 5.90. The van der Waals surface area contributed by atoms with Crippen LogP contribution in [0.2, 0.25) is 0 Å². The molecule has 4 nitrogen and oxygen atoms in total. The second-order valence-corrected chi connectivity index (χ2v) is 6.98. The fourth-order valence-electron chi connectivity index (χ4n) is 3.55. The van der Waals surface area contributed by atoms with Crippen molar-refractivity contribution in [3.05, 3.63) is 90.0 Å². The average molecular weight is 372 g/mol. The molecule has 1 aromatic heterocycles. The van der Waals surface area contributed by atoms with Crippen LogP contribution in [0.25, 0.3) is 11.6 Å². The van der Waals surface area contributed by atoms with E-state index in [1.54, 1.807) is 19.6 Å². The predicted octanol–water partition coefficient (Wildman–Crippen LogP) is 5.01. The third-order valence-corrected chi connectivity index (χ3v) is 5.10. The number of nitrogens with zero attached hydrogens (tertiary/aromatic N) is 2. The van der Waals surface area contributed by atoms with E-state index in [0.717, 1.165) is 28.1 Å². The largest absolute Gasteiger partial charge is 0.497 e. The van der Waals surface area contributed by atoms with Gasteiger partial charge in [-0.2, -0.15) is 0 Å². The second-order valence-electron chi connectivity index (χ2n) is 6.98. The Morgan fingerprint density at radius 2 is 1.64 bits per heavy atom. The normalized spacial score (nSPS) is 20.0. The Labute approximate surface area is 165 Å². The Kier molecular flexibility index (Phi) is 5.78. The van der Waals surface area contributed by atoms with Gasteiger partial charge in [-0.3, -0.25) is 0 Å². The highest BCUT2D eigenvalue weighted by atomic mass is 16.5. The number of hydrogen-bond donors (Lipinski definition) is 0. The quantitative estimate of drug-likeness (QED) is 0.646. The molecular formula is C24H24N2O2. The smallest absolute Gasteiger partial charge is 0.118 e. The topological polar surface area (TPSA) is 44.2 Å². The summed E-state index contributed by atoms with van der Waals surface area (Å²) in [4.78, 5) is 8.26. The molecule has 3 aliphatic rings. The molecule has 0 radical (unpaired) electrons. The van der Waals surface area contributed by atoms with Gasteiger partial charge in [0.2, 0.25) is 0 Å². The van der Waals surface area contributed by atoms with Crippen molar-refractivity contribution in [1.82, 2.24) is 9.97 Å². The van der Waals surface area contributed by atoms with E-state index in [-0.39, 0.29) is 0 Å². The highest BCUT2D eigenvalue weighted by Gasteiger charge is 2.36. The molecule has 2 saturated heterocycles. The van der Waals surface area contributed by atoms with Gasteiger partial charge in [-0.1, -0.05) is 42.5 Å². The first-order valence-corrected chi connectivity index (χ1v) is 9.65. The Balaban J connectivity index is 0.000000268. The van der Waals surface area contributed by atoms with Gasteiger partial charge >= 0.3 is 0 Å². The van der Waals surface area contributed by atoms with Crippen LogP contribution in [-0.2, 0) is 4.74 Å². The number of aromatic nitrogens is 2. The molecule has 6 rings (SSSR count). The molecule has 0 spiro atoms. The van der Waals surface area contributed by atoms with Gasteiger partial charge in [-0.15, -0.1) is 0 Å². The summed E-state index contributed by atoms with van der Waals surface area (Å²) in [5, 5.41) is 0. The first kappa shape index (κ1) is 18.4. The molecule has 2 aliphatic heterocycles. The van der Waals surface area contributed by atoms with Gasteiger partial charge in [0.25, 0.3) is 0 Å². The zero-order chi connectivity index (χ0) is 19.2. The molecule has 2 aromatic carbocycles. The molecular weight excluding hydrogens is 348 g/mol. The van der Waals surface area contributed by atoms with Gasteiger partial charge in [-0.05, 0) is 60.2 Å². The van der Waals surface area contributed by atoms with Gasteiger partial charge in [0.05, 0.1) is 25.0 Å². The van der Waals surface area contributed by atoms with Crippen LogP contribution < -0.4 is 4.74 Å². The number of fused-ring (bicyclic) bond motifs is 1. The van der Waals surface area contributed by atoms with E-state index in [4.69, 9.17) is 9.47 Å². The van der Waals surface area contributed by atoms with Crippen LogP contribution in [-0.4, -0.2) is 29.3 Å². The fraction of sp³-hybridized carbons (Fsp3) is 0.250. The Hall–Kier alpha value is -2.98. The van der Waals surface area contributed by atoms with Crippen molar-refractivity contribution in [3.8, 4) is 5.75 Å². The van der Waals surface area contributed by atoms with Crippen molar-refractivity contribution < 1.29 is 9.47 Å². The SMILES string of the molecule is C1CC2CC1O2.COc1ccc(C(=Cc2ccncn2)c2ccccc2)cc1. The van der Waals surface area contributed by atoms with Crippen LogP contribution in [0.5, 0.6) is 5.75 Å².